The van der Waals surface area contributed by atoms with Crippen LogP contribution in [0.5, 0.6) is 5.75 Å². The average Bonchev–Trinajstić information content (AvgIpc) is 2.53. The van der Waals surface area contributed by atoms with E-state index in [2.05, 4.69) is 5.92 Å². The van der Waals surface area contributed by atoms with Gasteiger partial charge >= 0.3 is 0 Å². The highest BCUT2D eigenvalue weighted by Crippen LogP contribution is 2.14. The molecule has 0 aliphatic rings. The van der Waals surface area contributed by atoms with Gasteiger partial charge in [0.2, 0.25) is 0 Å². The Labute approximate surface area is 118 Å². The van der Waals surface area contributed by atoms with Crippen LogP contribution < -0.4 is 4.74 Å². The lowest BCUT2D eigenvalue weighted by molar-refractivity contribution is 0.104. The number of benzene rings is 2. The summed E-state index contributed by atoms with van der Waals surface area (Å²) in [5.41, 5.74) is 2.24. The number of hydrogen-bond donors (Lipinski definition) is 0. The molecule has 0 bridgehead atoms. The molecule has 0 aliphatic carbocycles. The van der Waals surface area contributed by atoms with Crippen molar-refractivity contribution in [2.75, 3.05) is 7.11 Å². The number of carbonyl (C=O) groups excluding carboxylic acids is 1. The monoisotopic (exact) mass is 262 g/mol. The van der Waals surface area contributed by atoms with Crippen LogP contribution in [0.3, 0.4) is 0 Å². The number of carbonyl (C=O) groups is 1. The van der Waals surface area contributed by atoms with E-state index in [1.54, 1.807) is 37.5 Å². The Morgan fingerprint density at radius 1 is 1.15 bits per heavy atom. The first-order valence-corrected chi connectivity index (χ1v) is 6.16. The summed E-state index contributed by atoms with van der Waals surface area (Å²) in [5, 5.41) is 0. The molecule has 2 nitrogen and oxygen atoms in total. The van der Waals surface area contributed by atoms with Crippen molar-refractivity contribution in [2.24, 2.45) is 0 Å². The fraction of sp³-hybridized carbons (Fsp3) is 0.0556. The second-order valence-electron chi connectivity index (χ2n) is 4.16. The average molecular weight is 262 g/mol. The van der Waals surface area contributed by atoms with Crippen LogP contribution in [-0.2, 0) is 0 Å². The first-order valence-electron chi connectivity index (χ1n) is 6.16. The molecular weight excluding hydrogens is 248 g/mol. The molecule has 0 spiro atoms. The van der Waals surface area contributed by atoms with E-state index in [9.17, 15) is 4.79 Å². The van der Waals surface area contributed by atoms with E-state index in [1.807, 2.05) is 24.3 Å². The number of terminal acetylenes is 1. The van der Waals surface area contributed by atoms with Crippen LogP contribution in [0.25, 0.3) is 6.08 Å². The van der Waals surface area contributed by atoms with Crippen LogP contribution in [-0.4, -0.2) is 12.9 Å². The number of rotatable bonds is 4. The first-order chi connectivity index (χ1) is 9.74. The summed E-state index contributed by atoms with van der Waals surface area (Å²) >= 11 is 0. The van der Waals surface area contributed by atoms with Gasteiger partial charge in [0, 0.05) is 11.1 Å². The molecule has 2 aromatic rings. The second kappa shape index (κ2) is 6.40. The molecule has 20 heavy (non-hydrogen) atoms. The minimum Gasteiger partial charge on any atom is -0.497 e. The normalized spacial score (nSPS) is 10.2. The van der Waals surface area contributed by atoms with Gasteiger partial charge in [0.05, 0.1) is 7.11 Å². The van der Waals surface area contributed by atoms with E-state index in [4.69, 9.17) is 11.2 Å². The third kappa shape index (κ3) is 3.15. The largest absolute Gasteiger partial charge is 0.497 e. The minimum absolute atomic E-state index is 0.0699. The van der Waals surface area contributed by atoms with Gasteiger partial charge in [-0.15, -0.1) is 6.42 Å². The SMILES string of the molecule is C#Cc1ccccc1/C=C/C(=O)c1ccc(OC)cc1. The van der Waals surface area contributed by atoms with E-state index in [-0.39, 0.29) is 5.78 Å². The lowest BCUT2D eigenvalue weighted by Crippen LogP contribution is -1.94. The zero-order valence-electron chi connectivity index (χ0n) is 11.2. The van der Waals surface area contributed by atoms with E-state index in [0.717, 1.165) is 16.9 Å². The molecule has 98 valence electrons. The van der Waals surface area contributed by atoms with Gasteiger partial charge in [-0.25, -0.2) is 0 Å². The molecule has 0 aliphatic heterocycles. The van der Waals surface area contributed by atoms with Crippen molar-refractivity contribution in [3.8, 4) is 18.1 Å². The van der Waals surface area contributed by atoms with Crippen LogP contribution in [0.4, 0.5) is 0 Å². The first kappa shape index (κ1) is 13.6. The molecule has 0 saturated heterocycles. The molecule has 0 N–H and O–H groups in total. The molecule has 2 heteroatoms. The summed E-state index contributed by atoms with van der Waals surface area (Å²) in [6.45, 7) is 0. The fourth-order valence-corrected chi connectivity index (χ4v) is 1.79. The Morgan fingerprint density at radius 2 is 1.85 bits per heavy atom. The molecule has 0 atom stereocenters. The summed E-state index contributed by atoms with van der Waals surface area (Å²) in [5.74, 6) is 3.25. The maximum Gasteiger partial charge on any atom is 0.185 e. The van der Waals surface area contributed by atoms with E-state index in [0.29, 0.717) is 5.56 Å². The van der Waals surface area contributed by atoms with Crippen LogP contribution in [0.2, 0.25) is 0 Å². The topological polar surface area (TPSA) is 26.3 Å². The van der Waals surface area contributed by atoms with Gasteiger partial charge < -0.3 is 4.74 Å². The summed E-state index contributed by atoms with van der Waals surface area (Å²) in [6, 6.07) is 14.5. The van der Waals surface area contributed by atoms with Gasteiger partial charge in [-0.1, -0.05) is 24.1 Å². The minimum atomic E-state index is -0.0699. The van der Waals surface area contributed by atoms with Crippen molar-refractivity contribution < 1.29 is 9.53 Å². The lowest BCUT2D eigenvalue weighted by Gasteiger charge is -2.00. The van der Waals surface area contributed by atoms with Gasteiger partial charge in [-0.05, 0) is 48.0 Å². The third-order valence-corrected chi connectivity index (χ3v) is 2.91. The predicted octanol–water partition coefficient (Wildman–Crippen LogP) is 3.57. The standard InChI is InChI=1S/C18H14O2/c1-3-14-6-4-5-7-15(14)10-13-18(19)16-8-11-17(20-2)12-9-16/h1,4-13H,2H3/b13-10+. The third-order valence-electron chi connectivity index (χ3n) is 2.91. The van der Waals surface area contributed by atoms with Gasteiger partial charge in [-0.2, -0.15) is 0 Å². The molecule has 2 aromatic carbocycles. The zero-order valence-corrected chi connectivity index (χ0v) is 11.2. The Bertz CT molecular complexity index is 673. The Hall–Kier alpha value is -2.79. The van der Waals surface area contributed by atoms with Crippen molar-refractivity contribution >= 4 is 11.9 Å². The number of allylic oxidation sites excluding steroid dienone is 1. The molecule has 0 fully saturated rings. The van der Waals surface area contributed by atoms with Crippen molar-refractivity contribution in [2.45, 2.75) is 0 Å². The molecule has 0 unspecified atom stereocenters. The molecule has 0 radical (unpaired) electrons. The highest BCUT2D eigenvalue weighted by Gasteiger charge is 2.02. The number of hydrogen-bond acceptors (Lipinski definition) is 2. The fourth-order valence-electron chi connectivity index (χ4n) is 1.79. The quantitative estimate of drug-likeness (QED) is 0.478. The maximum atomic E-state index is 12.0. The second-order valence-corrected chi connectivity index (χ2v) is 4.16. The van der Waals surface area contributed by atoms with Crippen LogP contribution in [0.15, 0.2) is 54.6 Å². The van der Waals surface area contributed by atoms with Gasteiger partial charge in [-0.3, -0.25) is 4.79 Å². The Kier molecular flexibility index (Phi) is 4.36. The van der Waals surface area contributed by atoms with Crippen molar-refractivity contribution in [3.63, 3.8) is 0 Å². The van der Waals surface area contributed by atoms with E-state index in [1.165, 1.54) is 6.08 Å². The molecular formula is C18H14O2. The number of methoxy groups -OCH3 is 1. The van der Waals surface area contributed by atoms with Gasteiger partial charge in [0.25, 0.3) is 0 Å². The van der Waals surface area contributed by atoms with E-state index < -0.39 is 0 Å². The van der Waals surface area contributed by atoms with Gasteiger partial charge in [0.15, 0.2) is 5.78 Å². The molecule has 0 heterocycles. The Morgan fingerprint density at radius 3 is 2.50 bits per heavy atom. The maximum absolute atomic E-state index is 12.0. The van der Waals surface area contributed by atoms with Crippen LogP contribution in [0, 0.1) is 12.3 Å². The van der Waals surface area contributed by atoms with Crippen LogP contribution >= 0.6 is 0 Å². The molecule has 0 aromatic heterocycles. The lowest BCUT2D eigenvalue weighted by atomic mass is 10.1. The number of ether oxygens (including phenoxy) is 1. The summed E-state index contributed by atoms with van der Waals surface area (Å²) in [6.07, 6.45) is 8.68. The highest BCUT2D eigenvalue weighted by atomic mass is 16.5. The van der Waals surface area contributed by atoms with Crippen molar-refractivity contribution in [1.29, 1.82) is 0 Å². The van der Waals surface area contributed by atoms with Crippen molar-refractivity contribution in [3.05, 3.63) is 71.3 Å². The number of ketones is 1. The molecule has 0 saturated carbocycles. The highest BCUT2D eigenvalue weighted by molar-refractivity contribution is 6.07. The molecule has 2 rings (SSSR count). The smallest absolute Gasteiger partial charge is 0.185 e. The summed E-state index contributed by atoms with van der Waals surface area (Å²) in [4.78, 5) is 12.0. The summed E-state index contributed by atoms with van der Waals surface area (Å²) in [7, 11) is 1.59. The van der Waals surface area contributed by atoms with Gasteiger partial charge in [0.1, 0.15) is 5.75 Å². The van der Waals surface area contributed by atoms with E-state index >= 15 is 0 Å². The van der Waals surface area contributed by atoms with Crippen molar-refractivity contribution in [1.82, 2.24) is 0 Å². The molecule has 0 amide bonds. The van der Waals surface area contributed by atoms with Crippen LogP contribution in [0.1, 0.15) is 21.5 Å². The zero-order chi connectivity index (χ0) is 14.4. The Balaban J connectivity index is 2.18. The summed E-state index contributed by atoms with van der Waals surface area (Å²) < 4.78 is 5.06. The predicted molar refractivity (Wildman–Crippen MR) is 80.7 cm³/mol.